The average Bonchev–Trinajstić information content (AvgIpc) is 2.56. The molecule has 0 radical (unpaired) electrons. The summed E-state index contributed by atoms with van der Waals surface area (Å²) in [5.41, 5.74) is 1.68. The largest absolute Gasteiger partial charge is 0.462 e. The van der Waals surface area contributed by atoms with Gasteiger partial charge in [0.15, 0.2) is 0 Å². The smallest absolute Gasteiger partial charge is 0.340 e. The second-order valence-corrected chi connectivity index (χ2v) is 4.53. The van der Waals surface area contributed by atoms with Crippen molar-refractivity contribution in [2.24, 2.45) is 0 Å². The molecule has 0 aliphatic rings. The summed E-state index contributed by atoms with van der Waals surface area (Å²) in [4.78, 5) is 23.9. The Hall–Kier alpha value is -3.33. The minimum Gasteiger partial charge on any atom is -0.462 e. The van der Waals surface area contributed by atoms with Gasteiger partial charge >= 0.3 is 12.0 Å². The minimum absolute atomic E-state index is 0.255. The van der Waals surface area contributed by atoms with E-state index in [1.54, 1.807) is 55.5 Å². The number of hydrogen-bond acceptors (Lipinski definition) is 4. The van der Waals surface area contributed by atoms with Gasteiger partial charge in [0.25, 0.3) is 0 Å². The van der Waals surface area contributed by atoms with Crippen molar-refractivity contribution in [2.75, 3.05) is 17.2 Å². The summed E-state index contributed by atoms with van der Waals surface area (Å²) in [6, 6.07) is 14.5. The molecule has 0 atom stereocenters. The Bertz CT molecular complexity index is 748. The zero-order chi connectivity index (χ0) is 16.7. The molecule has 2 rings (SSSR count). The van der Waals surface area contributed by atoms with Gasteiger partial charge in [0.05, 0.1) is 29.5 Å². The summed E-state index contributed by atoms with van der Waals surface area (Å²) in [7, 11) is 0. The van der Waals surface area contributed by atoms with Gasteiger partial charge in [0.2, 0.25) is 0 Å². The molecule has 0 spiro atoms. The molecule has 2 aromatic carbocycles. The SMILES string of the molecule is CCOC(=O)c1ccccc1NC(=O)Nc1ccc(C#N)cc1. The van der Waals surface area contributed by atoms with E-state index in [1.807, 2.05) is 6.07 Å². The number of nitrogens with zero attached hydrogens (tertiary/aromatic N) is 1. The van der Waals surface area contributed by atoms with Crippen LogP contribution in [-0.2, 0) is 4.74 Å². The van der Waals surface area contributed by atoms with Crippen molar-refractivity contribution in [3.8, 4) is 6.07 Å². The van der Waals surface area contributed by atoms with Gasteiger partial charge in [-0.1, -0.05) is 12.1 Å². The molecule has 0 saturated carbocycles. The number of benzene rings is 2. The average molecular weight is 309 g/mol. The number of carbonyl (C=O) groups excluding carboxylic acids is 2. The molecule has 0 bridgehead atoms. The van der Waals surface area contributed by atoms with Crippen LogP contribution in [0.4, 0.5) is 16.2 Å². The van der Waals surface area contributed by atoms with Crippen molar-refractivity contribution >= 4 is 23.4 Å². The van der Waals surface area contributed by atoms with Crippen LogP contribution in [0.15, 0.2) is 48.5 Å². The van der Waals surface area contributed by atoms with Crippen LogP contribution < -0.4 is 10.6 Å². The third kappa shape index (κ3) is 4.32. The fourth-order valence-corrected chi connectivity index (χ4v) is 1.89. The lowest BCUT2D eigenvalue weighted by Gasteiger charge is -2.11. The second kappa shape index (κ2) is 7.61. The first-order valence-corrected chi connectivity index (χ1v) is 6.98. The first-order valence-electron chi connectivity index (χ1n) is 6.98. The molecule has 2 aromatic rings. The van der Waals surface area contributed by atoms with Crippen LogP contribution >= 0.6 is 0 Å². The fourth-order valence-electron chi connectivity index (χ4n) is 1.89. The van der Waals surface area contributed by atoms with Gasteiger partial charge in [-0.15, -0.1) is 0 Å². The number of rotatable bonds is 4. The third-order valence-electron chi connectivity index (χ3n) is 2.94. The van der Waals surface area contributed by atoms with Crippen LogP contribution in [0.25, 0.3) is 0 Å². The second-order valence-electron chi connectivity index (χ2n) is 4.53. The quantitative estimate of drug-likeness (QED) is 0.847. The Morgan fingerprint density at radius 2 is 1.78 bits per heavy atom. The van der Waals surface area contributed by atoms with Crippen molar-refractivity contribution in [1.29, 1.82) is 5.26 Å². The van der Waals surface area contributed by atoms with E-state index in [9.17, 15) is 9.59 Å². The summed E-state index contributed by atoms with van der Waals surface area (Å²) in [6.07, 6.45) is 0. The van der Waals surface area contributed by atoms with Crippen molar-refractivity contribution in [3.05, 3.63) is 59.7 Å². The molecule has 23 heavy (non-hydrogen) atoms. The zero-order valence-corrected chi connectivity index (χ0v) is 12.5. The Morgan fingerprint density at radius 3 is 2.43 bits per heavy atom. The van der Waals surface area contributed by atoms with E-state index in [1.165, 1.54) is 0 Å². The Labute approximate surface area is 133 Å². The molecule has 2 amide bonds. The van der Waals surface area contributed by atoms with E-state index >= 15 is 0 Å². The monoisotopic (exact) mass is 309 g/mol. The Balaban J connectivity index is 2.08. The predicted octanol–water partition coefficient (Wildman–Crippen LogP) is 3.38. The fraction of sp³-hybridized carbons (Fsp3) is 0.118. The maximum absolute atomic E-state index is 12.0. The van der Waals surface area contributed by atoms with Gasteiger partial charge in [-0.05, 0) is 43.3 Å². The number of esters is 1. The molecule has 6 nitrogen and oxygen atoms in total. The molecule has 0 aliphatic carbocycles. The Kier molecular flexibility index (Phi) is 5.31. The predicted molar refractivity (Wildman–Crippen MR) is 86.2 cm³/mol. The summed E-state index contributed by atoms with van der Waals surface area (Å²) < 4.78 is 4.95. The minimum atomic E-state index is -0.498. The number of urea groups is 1. The topological polar surface area (TPSA) is 91.2 Å². The molecular weight excluding hydrogens is 294 g/mol. The molecule has 0 saturated heterocycles. The first kappa shape index (κ1) is 16.0. The lowest BCUT2D eigenvalue weighted by atomic mass is 10.2. The summed E-state index contributed by atoms with van der Waals surface area (Å²) >= 11 is 0. The van der Waals surface area contributed by atoms with Crippen LogP contribution in [0.3, 0.4) is 0 Å². The van der Waals surface area contributed by atoms with Gasteiger partial charge in [-0.25, -0.2) is 9.59 Å². The van der Waals surface area contributed by atoms with Crippen LogP contribution in [0, 0.1) is 11.3 Å². The molecule has 0 unspecified atom stereocenters. The first-order chi connectivity index (χ1) is 11.1. The van der Waals surface area contributed by atoms with Gasteiger partial charge in [-0.2, -0.15) is 5.26 Å². The number of ether oxygens (including phenoxy) is 1. The number of nitrogens with one attached hydrogen (secondary N) is 2. The maximum Gasteiger partial charge on any atom is 0.340 e. The van der Waals surface area contributed by atoms with Crippen molar-refractivity contribution < 1.29 is 14.3 Å². The summed E-state index contributed by atoms with van der Waals surface area (Å²) in [6.45, 7) is 1.97. The summed E-state index contributed by atoms with van der Waals surface area (Å²) in [5, 5.41) is 14.0. The van der Waals surface area contributed by atoms with Crippen molar-refractivity contribution in [3.63, 3.8) is 0 Å². The molecule has 6 heteroatoms. The lowest BCUT2D eigenvalue weighted by Crippen LogP contribution is -2.21. The summed E-state index contributed by atoms with van der Waals surface area (Å²) in [5.74, 6) is -0.498. The van der Waals surface area contributed by atoms with Gasteiger partial charge in [0, 0.05) is 5.69 Å². The third-order valence-corrected chi connectivity index (χ3v) is 2.94. The molecule has 0 aromatic heterocycles. The van der Waals surface area contributed by atoms with E-state index in [2.05, 4.69) is 10.6 Å². The molecule has 116 valence electrons. The van der Waals surface area contributed by atoms with E-state index in [0.29, 0.717) is 16.9 Å². The lowest BCUT2D eigenvalue weighted by molar-refractivity contribution is 0.0527. The highest BCUT2D eigenvalue weighted by Gasteiger charge is 2.13. The highest BCUT2D eigenvalue weighted by molar-refractivity contribution is 6.05. The van der Waals surface area contributed by atoms with Gasteiger partial charge in [0.1, 0.15) is 0 Å². The van der Waals surface area contributed by atoms with Crippen LogP contribution in [-0.4, -0.2) is 18.6 Å². The van der Waals surface area contributed by atoms with Gasteiger partial charge < -0.3 is 15.4 Å². The number of carbonyl (C=O) groups is 2. The highest BCUT2D eigenvalue weighted by atomic mass is 16.5. The standard InChI is InChI=1S/C17H15N3O3/c1-2-23-16(21)14-5-3-4-6-15(14)20-17(22)19-13-9-7-12(11-18)8-10-13/h3-10H,2H2,1H3,(H2,19,20,22). The molecular formula is C17H15N3O3. The zero-order valence-electron chi connectivity index (χ0n) is 12.5. The van der Waals surface area contributed by atoms with Gasteiger partial charge in [-0.3, -0.25) is 0 Å². The van der Waals surface area contributed by atoms with Crippen molar-refractivity contribution in [1.82, 2.24) is 0 Å². The van der Waals surface area contributed by atoms with E-state index in [4.69, 9.17) is 10.00 Å². The van der Waals surface area contributed by atoms with E-state index < -0.39 is 12.0 Å². The van der Waals surface area contributed by atoms with Crippen LogP contribution in [0.2, 0.25) is 0 Å². The highest BCUT2D eigenvalue weighted by Crippen LogP contribution is 2.17. The Morgan fingerprint density at radius 1 is 1.09 bits per heavy atom. The van der Waals surface area contributed by atoms with Crippen LogP contribution in [0.5, 0.6) is 0 Å². The van der Waals surface area contributed by atoms with Crippen LogP contribution in [0.1, 0.15) is 22.8 Å². The molecule has 0 heterocycles. The normalized spacial score (nSPS) is 9.57. The number of amides is 2. The van der Waals surface area contributed by atoms with E-state index in [0.717, 1.165) is 0 Å². The van der Waals surface area contributed by atoms with Crippen molar-refractivity contribution in [2.45, 2.75) is 6.92 Å². The molecule has 0 aliphatic heterocycles. The number of para-hydroxylation sites is 1. The maximum atomic E-state index is 12.0. The van der Waals surface area contributed by atoms with E-state index in [-0.39, 0.29) is 12.2 Å². The molecule has 2 N–H and O–H groups in total. The molecule has 0 fully saturated rings. The number of nitriles is 1. The number of anilines is 2. The number of hydrogen-bond donors (Lipinski definition) is 2.